The Hall–Kier alpha value is -2.59. The minimum absolute atomic E-state index is 0.215. The molecule has 0 unspecified atom stereocenters. The molecule has 3 nitrogen and oxygen atoms in total. The molecular weight excluding hydrogens is 361 g/mol. The molecule has 0 radical (unpaired) electrons. The van der Waals surface area contributed by atoms with Crippen LogP contribution in [0.1, 0.15) is 42.9 Å². The quantitative estimate of drug-likeness (QED) is 0.806. The van der Waals surface area contributed by atoms with Gasteiger partial charge in [-0.25, -0.2) is 9.37 Å². The molecule has 4 rings (SSSR count). The number of hydrogen-bond donors (Lipinski definition) is 1. The number of aryl methyl sites for hydroxylation is 2. The Morgan fingerprint density at radius 3 is 2.66 bits per heavy atom. The Balaban J connectivity index is 1.74. The number of fused-ring (bicyclic) bond motifs is 1. The predicted molar refractivity (Wildman–Crippen MR) is 120 cm³/mol. The van der Waals surface area contributed by atoms with Crippen molar-refractivity contribution in [3.8, 4) is 11.3 Å². The van der Waals surface area contributed by atoms with Crippen molar-refractivity contribution in [2.45, 2.75) is 40.0 Å². The Morgan fingerprint density at radius 2 is 1.93 bits per heavy atom. The first-order chi connectivity index (χ1) is 14.1. The van der Waals surface area contributed by atoms with Gasteiger partial charge in [-0.3, -0.25) is 4.99 Å². The van der Waals surface area contributed by atoms with E-state index in [0.717, 1.165) is 60.2 Å². The van der Waals surface area contributed by atoms with E-state index in [0.29, 0.717) is 11.5 Å². The molecule has 0 spiro atoms. The Bertz CT molecular complexity index is 1080. The first kappa shape index (κ1) is 19.7. The van der Waals surface area contributed by atoms with Crippen LogP contribution >= 0.6 is 0 Å². The second-order valence-electron chi connectivity index (χ2n) is 7.94. The van der Waals surface area contributed by atoms with E-state index in [4.69, 9.17) is 4.98 Å². The number of nitrogens with one attached hydrogen (secondary N) is 1. The number of aliphatic imine (C=N–C) groups is 1. The maximum Gasteiger partial charge on any atom is 0.131 e. The van der Waals surface area contributed by atoms with E-state index in [1.165, 1.54) is 10.8 Å². The third kappa shape index (κ3) is 4.08. The number of hydrogen-bond acceptors (Lipinski definition) is 3. The second-order valence-corrected chi connectivity index (χ2v) is 7.94. The Morgan fingerprint density at radius 1 is 1.14 bits per heavy atom. The third-order valence-electron chi connectivity index (χ3n) is 5.89. The van der Waals surface area contributed by atoms with E-state index in [1.807, 2.05) is 26.0 Å². The molecule has 0 bridgehead atoms. The van der Waals surface area contributed by atoms with Gasteiger partial charge in [0.2, 0.25) is 0 Å². The number of nitrogens with zero attached hydrogens (tertiary/aromatic N) is 2. The lowest BCUT2D eigenvalue weighted by atomic mass is 9.92. The zero-order chi connectivity index (χ0) is 20.4. The molecule has 2 aromatic rings. The molecule has 4 heteroatoms. The van der Waals surface area contributed by atoms with Crippen LogP contribution < -0.4 is 15.9 Å². The van der Waals surface area contributed by atoms with Crippen molar-refractivity contribution in [3.63, 3.8) is 0 Å². The fourth-order valence-corrected chi connectivity index (χ4v) is 4.33. The average molecular weight is 390 g/mol. The van der Waals surface area contributed by atoms with Gasteiger partial charge < -0.3 is 5.32 Å². The van der Waals surface area contributed by atoms with Gasteiger partial charge in [0.15, 0.2) is 0 Å². The fourth-order valence-electron chi connectivity index (χ4n) is 4.33. The van der Waals surface area contributed by atoms with Crippen LogP contribution in [0.4, 0.5) is 4.39 Å². The minimum Gasteiger partial charge on any atom is -0.317 e. The van der Waals surface area contributed by atoms with E-state index in [2.05, 4.69) is 35.5 Å². The zero-order valence-electron chi connectivity index (χ0n) is 17.4. The second kappa shape index (κ2) is 8.42. The number of allylic oxidation sites excluding steroid dienone is 1. The predicted octanol–water partition coefficient (Wildman–Crippen LogP) is 3.90. The van der Waals surface area contributed by atoms with Gasteiger partial charge in [-0.2, -0.15) is 0 Å². The van der Waals surface area contributed by atoms with Crippen molar-refractivity contribution in [2.24, 2.45) is 10.9 Å². The maximum atomic E-state index is 15.2. The largest absolute Gasteiger partial charge is 0.317 e. The van der Waals surface area contributed by atoms with E-state index in [1.54, 1.807) is 12.3 Å². The molecule has 0 saturated carbocycles. The van der Waals surface area contributed by atoms with Gasteiger partial charge in [0.05, 0.1) is 11.0 Å². The SMILES string of the molecule is CC=N/C(=C\c1c(C)cc(-c2cc(C)c3c(n2)=CCC=3)cc1F)C1CCNCC1. The normalized spacial score (nSPS) is 17.3. The molecule has 1 saturated heterocycles. The Kier molecular flexibility index (Phi) is 5.72. The fraction of sp³-hybridized carbons (Fsp3) is 0.360. The van der Waals surface area contributed by atoms with Gasteiger partial charge in [0.1, 0.15) is 5.82 Å². The van der Waals surface area contributed by atoms with Crippen molar-refractivity contribution in [3.05, 3.63) is 57.0 Å². The smallest absolute Gasteiger partial charge is 0.131 e. The lowest BCUT2D eigenvalue weighted by Gasteiger charge is -2.23. The summed E-state index contributed by atoms with van der Waals surface area (Å²) in [5.74, 6) is 0.159. The first-order valence-electron chi connectivity index (χ1n) is 10.5. The lowest BCUT2D eigenvalue weighted by molar-refractivity contribution is 0.419. The van der Waals surface area contributed by atoms with Crippen LogP contribution in [0.15, 0.2) is 28.9 Å². The van der Waals surface area contributed by atoms with Crippen LogP contribution in [0.25, 0.3) is 29.5 Å². The summed E-state index contributed by atoms with van der Waals surface area (Å²) in [5.41, 5.74) is 5.35. The van der Waals surface area contributed by atoms with Gasteiger partial charge in [-0.05, 0) is 93.7 Å². The molecule has 1 aromatic heterocycles. The van der Waals surface area contributed by atoms with Gasteiger partial charge in [-0.1, -0.05) is 12.2 Å². The summed E-state index contributed by atoms with van der Waals surface area (Å²) in [6.45, 7) is 7.94. The molecule has 1 aliphatic carbocycles. The molecule has 29 heavy (non-hydrogen) atoms. The van der Waals surface area contributed by atoms with Crippen molar-refractivity contribution in [1.82, 2.24) is 10.3 Å². The summed E-state index contributed by atoms with van der Waals surface area (Å²) in [6.07, 6.45) is 11.1. The van der Waals surface area contributed by atoms with Crippen LogP contribution in [0, 0.1) is 25.6 Å². The number of pyridine rings is 1. The molecule has 1 N–H and O–H groups in total. The highest BCUT2D eigenvalue weighted by atomic mass is 19.1. The van der Waals surface area contributed by atoms with Crippen LogP contribution in [0.3, 0.4) is 0 Å². The van der Waals surface area contributed by atoms with Crippen LogP contribution in [-0.4, -0.2) is 24.3 Å². The molecule has 150 valence electrons. The van der Waals surface area contributed by atoms with Gasteiger partial charge in [0, 0.05) is 29.0 Å². The number of halogens is 1. The summed E-state index contributed by atoms with van der Waals surface area (Å²) >= 11 is 0. The van der Waals surface area contributed by atoms with E-state index >= 15 is 4.39 Å². The van der Waals surface area contributed by atoms with Crippen molar-refractivity contribution >= 4 is 24.4 Å². The average Bonchev–Trinajstić information content (AvgIpc) is 3.20. The van der Waals surface area contributed by atoms with Crippen LogP contribution in [0.5, 0.6) is 0 Å². The minimum atomic E-state index is -0.215. The molecule has 0 amide bonds. The summed E-state index contributed by atoms with van der Waals surface area (Å²) in [5, 5.41) is 5.59. The van der Waals surface area contributed by atoms with Crippen molar-refractivity contribution in [2.75, 3.05) is 13.1 Å². The number of piperidine rings is 1. The summed E-state index contributed by atoms with van der Waals surface area (Å²) < 4.78 is 15.2. The molecule has 2 heterocycles. The monoisotopic (exact) mass is 389 g/mol. The molecule has 2 aliphatic rings. The molecule has 0 atom stereocenters. The van der Waals surface area contributed by atoms with Crippen LogP contribution in [-0.2, 0) is 0 Å². The molecule has 1 fully saturated rings. The zero-order valence-corrected chi connectivity index (χ0v) is 17.4. The first-order valence-corrected chi connectivity index (χ1v) is 10.5. The Labute approximate surface area is 171 Å². The van der Waals surface area contributed by atoms with E-state index in [-0.39, 0.29) is 5.82 Å². The third-order valence-corrected chi connectivity index (χ3v) is 5.89. The van der Waals surface area contributed by atoms with Gasteiger partial charge in [0.25, 0.3) is 0 Å². The standard InChI is InChI=1S/C25H28FN3/c1-4-28-24(18-8-10-27-11-9-18)15-21-16(2)12-19(14-22(21)26)25-13-17(3)20-6-5-7-23(20)29-25/h4,6-7,12-15,18,27H,5,8-11H2,1-3H3/b24-15-,28-4?. The summed E-state index contributed by atoms with van der Waals surface area (Å²) in [6, 6.07) is 5.71. The topological polar surface area (TPSA) is 37.3 Å². The lowest BCUT2D eigenvalue weighted by Crippen LogP contribution is -2.28. The van der Waals surface area contributed by atoms with Gasteiger partial charge in [-0.15, -0.1) is 0 Å². The van der Waals surface area contributed by atoms with Crippen LogP contribution in [0.2, 0.25) is 0 Å². The van der Waals surface area contributed by atoms with E-state index in [9.17, 15) is 0 Å². The van der Waals surface area contributed by atoms with Crippen molar-refractivity contribution in [1.29, 1.82) is 0 Å². The molecule has 1 aliphatic heterocycles. The highest BCUT2D eigenvalue weighted by Gasteiger charge is 2.18. The molecular formula is C25H28FN3. The van der Waals surface area contributed by atoms with E-state index < -0.39 is 0 Å². The van der Waals surface area contributed by atoms with Gasteiger partial charge >= 0.3 is 0 Å². The highest BCUT2D eigenvalue weighted by molar-refractivity contribution is 5.68. The number of rotatable bonds is 4. The summed E-state index contributed by atoms with van der Waals surface area (Å²) in [7, 11) is 0. The molecule has 1 aromatic carbocycles. The summed E-state index contributed by atoms with van der Waals surface area (Å²) in [4.78, 5) is 9.34. The van der Waals surface area contributed by atoms with Crippen molar-refractivity contribution < 1.29 is 4.39 Å². The number of benzene rings is 1. The maximum absolute atomic E-state index is 15.2. The number of aromatic nitrogens is 1. The highest BCUT2D eigenvalue weighted by Crippen LogP contribution is 2.29.